The molecule has 0 atom stereocenters. The molecule has 80 valence electrons. The molecule has 0 bridgehead atoms. The quantitative estimate of drug-likeness (QED) is 0.744. The maximum atomic E-state index is 10.9. The van der Waals surface area contributed by atoms with Crippen LogP contribution in [0.2, 0.25) is 0 Å². The van der Waals surface area contributed by atoms with Crippen molar-refractivity contribution in [1.82, 2.24) is 9.97 Å². The minimum atomic E-state index is -0.602. The fourth-order valence-corrected chi connectivity index (χ4v) is 1.12. The molecule has 1 aromatic carbocycles. The van der Waals surface area contributed by atoms with Crippen molar-refractivity contribution in [3.05, 3.63) is 57.2 Å². The van der Waals surface area contributed by atoms with Crippen LogP contribution in [0.5, 0.6) is 0 Å². The third-order valence-electron chi connectivity index (χ3n) is 1.78. The molecule has 0 aliphatic heterocycles. The number of rotatable bonds is 2. The standard InChI is InChI=1S/C10H8N4O2/c15-9-6-8(11-10(16)12-9)14-13-7-4-2-1-3-5-7/h1-6H,(H2,11,12,15,16)/b14-13+. The first kappa shape index (κ1) is 10.0. The van der Waals surface area contributed by atoms with Gasteiger partial charge >= 0.3 is 5.69 Å². The Morgan fingerprint density at radius 3 is 2.38 bits per heavy atom. The van der Waals surface area contributed by atoms with Gasteiger partial charge in [0.15, 0.2) is 5.82 Å². The largest absolute Gasteiger partial charge is 0.327 e. The number of nitrogens with one attached hydrogen (secondary N) is 2. The van der Waals surface area contributed by atoms with Gasteiger partial charge in [-0.2, -0.15) is 0 Å². The molecule has 1 aromatic heterocycles. The molecule has 1 heterocycles. The molecule has 6 heteroatoms. The topological polar surface area (TPSA) is 90.4 Å². The van der Waals surface area contributed by atoms with E-state index in [9.17, 15) is 9.59 Å². The van der Waals surface area contributed by atoms with Crippen molar-refractivity contribution in [2.24, 2.45) is 10.2 Å². The summed E-state index contributed by atoms with van der Waals surface area (Å²) in [6.45, 7) is 0. The normalized spacial score (nSPS) is 10.8. The maximum absolute atomic E-state index is 10.9. The monoisotopic (exact) mass is 216 g/mol. The van der Waals surface area contributed by atoms with Crippen molar-refractivity contribution in [1.29, 1.82) is 0 Å². The highest BCUT2D eigenvalue weighted by atomic mass is 16.2. The SMILES string of the molecule is O=c1cc(/N=N/c2ccccc2)[nH]c(=O)[nH]1. The van der Waals surface area contributed by atoms with Crippen LogP contribution in [0.4, 0.5) is 11.5 Å². The van der Waals surface area contributed by atoms with Gasteiger partial charge in [0.05, 0.1) is 5.69 Å². The molecule has 0 fully saturated rings. The molecule has 0 amide bonds. The van der Waals surface area contributed by atoms with Crippen molar-refractivity contribution < 1.29 is 0 Å². The Labute approximate surface area is 89.7 Å². The third-order valence-corrected chi connectivity index (χ3v) is 1.78. The van der Waals surface area contributed by atoms with Crippen molar-refractivity contribution in [2.75, 3.05) is 0 Å². The zero-order valence-electron chi connectivity index (χ0n) is 8.18. The number of hydrogen-bond donors (Lipinski definition) is 2. The summed E-state index contributed by atoms with van der Waals surface area (Å²) in [6, 6.07) is 10.2. The second kappa shape index (κ2) is 4.35. The van der Waals surface area contributed by atoms with Crippen LogP contribution in [-0.2, 0) is 0 Å². The third kappa shape index (κ3) is 2.50. The van der Waals surface area contributed by atoms with Gasteiger partial charge in [0.1, 0.15) is 0 Å². The molecule has 0 aliphatic carbocycles. The Morgan fingerprint density at radius 1 is 0.938 bits per heavy atom. The van der Waals surface area contributed by atoms with Crippen molar-refractivity contribution in [3.63, 3.8) is 0 Å². The molecule has 2 rings (SSSR count). The Morgan fingerprint density at radius 2 is 1.69 bits per heavy atom. The van der Waals surface area contributed by atoms with Crippen LogP contribution in [0.15, 0.2) is 56.2 Å². The molecular formula is C10H8N4O2. The molecular weight excluding hydrogens is 208 g/mol. The summed E-state index contributed by atoms with van der Waals surface area (Å²) in [6.07, 6.45) is 0. The van der Waals surface area contributed by atoms with Gasteiger partial charge in [-0.1, -0.05) is 18.2 Å². The molecule has 0 spiro atoms. The Bertz CT molecular complexity index is 584. The van der Waals surface area contributed by atoms with Gasteiger partial charge in [-0.25, -0.2) is 4.79 Å². The first-order valence-electron chi connectivity index (χ1n) is 4.54. The predicted octanol–water partition coefficient (Wildman–Crippen LogP) is 1.48. The lowest BCUT2D eigenvalue weighted by Gasteiger charge is -1.91. The van der Waals surface area contributed by atoms with E-state index in [-0.39, 0.29) is 5.82 Å². The number of H-pyrrole nitrogens is 2. The molecule has 2 aromatic rings. The minimum absolute atomic E-state index is 0.123. The number of benzene rings is 1. The van der Waals surface area contributed by atoms with Crippen LogP contribution < -0.4 is 11.2 Å². The molecule has 16 heavy (non-hydrogen) atoms. The van der Waals surface area contributed by atoms with E-state index in [0.29, 0.717) is 5.69 Å². The summed E-state index contributed by atoms with van der Waals surface area (Å²) in [7, 11) is 0. The van der Waals surface area contributed by atoms with E-state index < -0.39 is 11.2 Å². The summed E-state index contributed by atoms with van der Waals surface area (Å²) in [5.41, 5.74) is -0.469. The lowest BCUT2D eigenvalue weighted by molar-refractivity contribution is 1.01. The maximum Gasteiger partial charge on any atom is 0.327 e. The van der Waals surface area contributed by atoms with E-state index in [1.807, 2.05) is 23.2 Å². The highest BCUT2D eigenvalue weighted by molar-refractivity contribution is 5.36. The summed E-state index contributed by atoms with van der Waals surface area (Å²) >= 11 is 0. The van der Waals surface area contributed by atoms with Crippen LogP contribution >= 0.6 is 0 Å². The molecule has 0 radical (unpaired) electrons. The lowest BCUT2D eigenvalue weighted by Crippen LogP contribution is -2.20. The summed E-state index contributed by atoms with van der Waals surface area (Å²) < 4.78 is 0. The zero-order chi connectivity index (χ0) is 11.4. The average Bonchev–Trinajstić information content (AvgIpc) is 2.27. The second-order valence-corrected chi connectivity index (χ2v) is 3.01. The number of hydrogen-bond acceptors (Lipinski definition) is 4. The van der Waals surface area contributed by atoms with Gasteiger partial charge < -0.3 is 0 Å². The average molecular weight is 216 g/mol. The van der Waals surface area contributed by atoms with E-state index in [2.05, 4.69) is 15.2 Å². The summed E-state index contributed by atoms with van der Waals surface area (Å²) in [5, 5.41) is 7.61. The molecule has 2 N–H and O–H groups in total. The smallest absolute Gasteiger partial charge is 0.290 e. The fraction of sp³-hybridized carbons (Fsp3) is 0. The van der Waals surface area contributed by atoms with E-state index in [4.69, 9.17) is 0 Å². The van der Waals surface area contributed by atoms with Crippen LogP contribution in [0, 0.1) is 0 Å². The molecule has 0 unspecified atom stereocenters. The van der Waals surface area contributed by atoms with Gasteiger partial charge in [-0.3, -0.25) is 14.8 Å². The highest BCUT2D eigenvalue weighted by Crippen LogP contribution is 2.13. The fourth-order valence-electron chi connectivity index (χ4n) is 1.12. The number of aromatic amines is 2. The minimum Gasteiger partial charge on any atom is -0.290 e. The molecule has 0 aliphatic rings. The Balaban J connectivity index is 2.31. The first-order chi connectivity index (χ1) is 7.74. The van der Waals surface area contributed by atoms with E-state index in [1.165, 1.54) is 0 Å². The van der Waals surface area contributed by atoms with Crippen molar-refractivity contribution in [2.45, 2.75) is 0 Å². The predicted molar refractivity (Wildman–Crippen MR) is 58.3 cm³/mol. The van der Waals surface area contributed by atoms with Gasteiger partial charge in [0.25, 0.3) is 5.56 Å². The Kier molecular flexibility index (Phi) is 2.73. The lowest BCUT2D eigenvalue weighted by atomic mass is 10.3. The second-order valence-electron chi connectivity index (χ2n) is 3.01. The van der Waals surface area contributed by atoms with Crippen molar-refractivity contribution >= 4 is 11.5 Å². The van der Waals surface area contributed by atoms with Crippen molar-refractivity contribution in [3.8, 4) is 0 Å². The first-order valence-corrected chi connectivity index (χ1v) is 4.54. The van der Waals surface area contributed by atoms with Gasteiger partial charge in [0, 0.05) is 6.07 Å². The van der Waals surface area contributed by atoms with E-state index >= 15 is 0 Å². The highest BCUT2D eigenvalue weighted by Gasteiger charge is 1.93. The number of aromatic nitrogens is 2. The molecule has 6 nitrogen and oxygen atoms in total. The molecule has 0 saturated carbocycles. The van der Waals surface area contributed by atoms with Gasteiger partial charge in [0.2, 0.25) is 0 Å². The van der Waals surface area contributed by atoms with Gasteiger partial charge in [-0.15, -0.1) is 10.2 Å². The van der Waals surface area contributed by atoms with Crippen LogP contribution in [-0.4, -0.2) is 9.97 Å². The summed E-state index contributed by atoms with van der Waals surface area (Å²) in [5.74, 6) is 0.123. The van der Waals surface area contributed by atoms with Gasteiger partial charge in [-0.05, 0) is 12.1 Å². The number of nitrogens with zero attached hydrogens (tertiary/aromatic N) is 2. The van der Waals surface area contributed by atoms with E-state index in [1.54, 1.807) is 12.1 Å². The zero-order valence-corrected chi connectivity index (χ0v) is 8.18. The number of azo groups is 1. The summed E-state index contributed by atoms with van der Waals surface area (Å²) in [4.78, 5) is 26.2. The van der Waals surface area contributed by atoms with Crippen LogP contribution in [0.3, 0.4) is 0 Å². The van der Waals surface area contributed by atoms with Crippen LogP contribution in [0.1, 0.15) is 0 Å². The van der Waals surface area contributed by atoms with E-state index in [0.717, 1.165) is 6.07 Å². The molecule has 0 saturated heterocycles. The van der Waals surface area contributed by atoms with Crippen LogP contribution in [0.25, 0.3) is 0 Å². The Hall–Kier alpha value is -2.50.